The van der Waals surface area contributed by atoms with Crippen molar-refractivity contribution in [2.24, 2.45) is 0 Å². The Morgan fingerprint density at radius 1 is 0.938 bits per heavy atom. The fourth-order valence-electron chi connectivity index (χ4n) is 4.30. The molecular weight excluding hydrogens is 422 g/mol. The quantitative estimate of drug-likeness (QED) is 0.572. The van der Waals surface area contributed by atoms with Crippen molar-refractivity contribution in [1.29, 1.82) is 0 Å². The number of anilines is 1. The minimum absolute atomic E-state index is 0.205. The number of carbonyl (C=O) groups excluding carboxylic acids is 1. The molecule has 1 aromatic carbocycles. The highest BCUT2D eigenvalue weighted by Gasteiger charge is 2.22. The summed E-state index contributed by atoms with van der Waals surface area (Å²) in [5.74, 6) is 0.770. The number of benzene rings is 1. The van der Waals surface area contributed by atoms with Crippen molar-refractivity contribution in [2.75, 3.05) is 31.1 Å². The lowest BCUT2D eigenvalue weighted by atomic mass is 10.1. The topological polar surface area (TPSA) is 61.4 Å². The summed E-state index contributed by atoms with van der Waals surface area (Å²) in [6.07, 6.45) is 2.40. The zero-order chi connectivity index (χ0) is 22.5. The van der Waals surface area contributed by atoms with Crippen LogP contribution in [0.25, 0.3) is 11.0 Å². The minimum atomic E-state index is -0.205. The van der Waals surface area contributed by atoms with E-state index in [2.05, 4.69) is 33.9 Å². The van der Waals surface area contributed by atoms with Gasteiger partial charge in [-0.2, -0.15) is 0 Å². The fourth-order valence-corrected chi connectivity index (χ4v) is 4.42. The number of hydrogen-bond donors (Lipinski definition) is 1. The van der Waals surface area contributed by atoms with Gasteiger partial charge in [0.05, 0.1) is 11.0 Å². The number of halogens is 1. The van der Waals surface area contributed by atoms with E-state index in [1.807, 2.05) is 42.5 Å². The molecule has 3 aromatic rings. The molecule has 0 spiro atoms. The molecule has 0 radical (unpaired) electrons. The monoisotopic (exact) mass is 451 g/mol. The van der Waals surface area contributed by atoms with E-state index in [1.54, 1.807) is 6.07 Å². The maximum absolute atomic E-state index is 12.5. The van der Waals surface area contributed by atoms with E-state index in [-0.39, 0.29) is 5.91 Å². The number of piperazine rings is 1. The van der Waals surface area contributed by atoms with Crippen LogP contribution < -0.4 is 10.2 Å². The Morgan fingerprint density at radius 3 is 2.28 bits per heavy atom. The standard InChI is InChI=1S/C25H30ClN5O/c1-3-20(4-2)30-13-15-31(16-14-30)24-12-11-21-22(29-24)9-10-23(28-21)25(32)27-17-18-5-7-19(26)8-6-18/h5-12,20H,3-4,13-17H2,1-2H3,(H,27,32). The van der Waals surface area contributed by atoms with E-state index in [1.165, 1.54) is 12.8 Å². The molecule has 2 aromatic heterocycles. The Morgan fingerprint density at radius 2 is 1.59 bits per heavy atom. The zero-order valence-electron chi connectivity index (χ0n) is 18.7. The summed E-state index contributed by atoms with van der Waals surface area (Å²) in [5.41, 5.74) is 2.90. The predicted octanol–water partition coefficient (Wildman–Crippen LogP) is 4.52. The van der Waals surface area contributed by atoms with Gasteiger partial charge >= 0.3 is 0 Å². The summed E-state index contributed by atoms with van der Waals surface area (Å²) >= 11 is 5.91. The average Bonchev–Trinajstić information content (AvgIpc) is 2.84. The second-order valence-electron chi connectivity index (χ2n) is 8.21. The molecule has 1 aliphatic heterocycles. The smallest absolute Gasteiger partial charge is 0.270 e. The average molecular weight is 452 g/mol. The maximum Gasteiger partial charge on any atom is 0.270 e. The molecule has 0 unspecified atom stereocenters. The highest BCUT2D eigenvalue weighted by Crippen LogP contribution is 2.20. The van der Waals surface area contributed by atoms with Crippen molar-refractivity contribution in [3.8, 4) is 0 Å². The number of amides is 1. The molecular formula is C25H30ClN5O. The van der Waals surface area contributed by atoms with Crippen LogP contribution in [0.3, 0.4) is 0 Å². The first-order valence-corrected chi connectivity index (χ1v) is 11.7. The molecule has 3 heterocycles. The van der Waals surface area contributed by atoms with Gasteiger partial charge in [0.2, 0.25) is 0 Å². The van der Waals surface area contributed by atoms with Crippen LogP contribution in [0.2, 0.25) is 5.02 Å². The number of nitrogens with zero attached hydrogens (tertiary/aromatic N) is 4. The van der Waals surface area contributed by atoms with E-state index in [4.69, 9.17) is 16.6 Å². The highest BCUT2D eigenvalue weighted by atomic mass is 35.5. The molecule has 32 heavy (non-hydrogen) atoms. The first-order chi connectivity index (χ1) is 15.6. The number of nitrogens with one attached hydrogen (secondary N) is 1. The Bertz CT molecular complexity index is 1060. The van der Waals surface area contributed by atoms with Gasteiger partial charge in [-0.25, -0.2) is 9.97 Å². The molecule has 0 aliphatic carbocycles. The van der Waals surface area contributed by atoms with Crippen LogP contribution in [-0.2, 0) is 6.54 Å². The van der Waals surface area contributed by atoms with Crippen LogP contribution in [0.4, 0.5) is 5.82 Å². The summed E-state index contributed by atoms with van der Waals surface area (Å²) in [5, 5.41) is 3.58. The molecule has 168 valence electrons. The lowest BCUT2D eigenvalue weighted by Crippen LogP contribution is -2.50. The fraction of sp³-hybridized carbons (Fsp3) is 0.400. The van der Waals surface area contributed by atoms with E-state index in [9.17, 15) is 4.79 Å². The highest BCUT2D eigenvalue weighted by molar-refractivity contribution is 6.30. The van der Waals surface area contributed by atoms with Crippen molar-refractivity contribution < 1.29 is 4.79 Å². The molecule has 1 aliphatic rings. The number of carbonyl (C=O) groups is 1. The molecule has 4 rings (SSSR count). The number of aromatic nitrogens is 2. The lowest BCUT2D eigenvalue weighted by Gasteiger charge is -2.39. The number of hydrogen-bond acceptors (Lipinski definition) is 5. The second-order valence-corrected chi connectivity index (χ2v) is 8.64. The summed E-state index contributed by atoms with van der Waals surface area (Å²) in [6.45, 7) is 9.06. The van der Waals surface area contributed by atoms with Crippen molar-refractivity contribution >= 4 is 34.4 Å². The maximum atomic E-state index is 12.5. The Balaban J connectivity index is 1.40. The SMILES string of the molecule is CCC(CC)N1CCN(c2ccc3nc(C(=O)NCc4ccc(Cl)cc4)ccc3n2)CC1. The Hall–Kier alpha value is -2.70. The van der Waals surface area contributed by atoms with Crippen molar-refractivity contribution in [2.45, 2.75) is 39.3 Å². The first-order valence-electron chi connectivity index (χ1n) is 11.4. The largest absolute Gasteiger partial charge is 0.354 e. The van der Waals surface area contributed by atoms with Crippen LogP contribution in [0, 0.1) is 0 Å². The molecule has 0 saturated carbocycles. The summed E-state index contributed by atoms with van der Waals surface area (Å²) in [7, 11) is 0. The molecule has 0 atom stereocenters. The van der Waals surface area contributed by atoms with Gasteiger partial charge in [0.15, 0.2) is 0 Å². The molecule has 1 fully saturated rings. The molecule has 0 bridgehead atoms. The van der Waals surface area contributed by atoms with Gasteiger partial charge in [0.1, 0.15) is 11.5 Å². The van der Waals surface area contributed by atoms with Crippen LogP contribution >= 0.6 is 11.6 Å². The van der Waals surface area contributed by atoms with Gasteiger partial charge in [-0.05, 0) is 54.8 Å². The summed E-state index contributed by atoms with van der Waals surface area (Å²) in [4.78, 5) is 26.8. The van der Waals surface area contributed by atoms with Crippen molar-refractivity contribution in [3.05, 3.63) is 64.8 Å². The zero-order valence-corrected chi connectivity index (χ0v) is 19.5. The molecule has 6 nitrogen and oxygen atoms in total. The Labute approximate surface area is 194 Å². The molecule has 7 heteroatoms. The number of pyridine rings is 2. The lowest BCUT2D eigenvalue weighted by molar-refractivity contribution is 0.0946. The normalized spacial score (nSPS) is 14.8. The summed E-state index contributed by atoms with van der Waals surface area (Å²) in [6, 6.07) is 15.7. The molecule has 1 amide bonds. The number of fused-ring (bicyclic) bond motifs is 1. The van der Waals surface area contributed by atoms with Crippen molar-refractivity contribution in [1.82, 2.24) is 20.2 Å². The number of rotatable bonds is 7. The second kappa shape index (κ2) is 10.3. The van der Waals surface area contributed by atoms with Gasteiger partial charge in [0, 0.05) is 43.8 Å². The van der Waals surface area contributed by atoms with E-state index >= 15 is 0 Å². The third-order valence-corrected chi connectivity index (χ3v) is 6.48. The van der Waals surface area contributed by atoms with Crippen LogP contribution in [0.15, 0.2) is 48.5 Å². The van der Waals surface area contributed by atoms with Gasteiger partial charge in [-0.15, -0.1) is 0 Å². The van der Waals surface area contributed by atoms with Crippen LogP contribution in [-0.4, -0.2) is 53.0 Å². The first kappa shape index (κ1) is 22.5. The van der Waals surface area contributed by atoms with E-state index < -0.39 is 0 Å². The Kier molecular flexibility index (Phi) is 7.22. The van der Waals surface area contributed by atoms with Gasteiger partial charge in [-0.1, -0.05) is 37.6 Å². The minimum Gasteiger partial charge on any atom is -0.354 e. The third-order valence-electron chi connectivity index (χ3n) is 6.22. The van der Waals surface area contributed by atoms with E-state index in [0.29, 0.717) is 23.3 Å². The third kappa shape index (κ3) is 5.19. The van der Waals surface area contributed by atoms with Crippen LogP contribution in [0.1, 0.15) is 42.7 Å². The van der Waals surface area contributed by atoms with Gasteiger partial charge < -0.3 is 10.2 Å². The predicted molar refractivity (Wildman–Crippen MR) is 130 cm³/mol. The van der Waals surface area contributed by atoms with Gasteiger partial charge in [-0.3, -0.25) is 9.69 Å². The molecule has 1 N–H and O–H groups in total. The molecule has 1 saturated heterocycles. The van der Waals surface area contributed by atoms with Crippen LogP contribution in [0.5, 0.6) is 0 Å². The van der Waals surface area contributed by atoms with E-state index in [0.717, 1.165) is 48.6 Å². The van der Waals surface area contributed by atoms with Crippen molar-refractivity contribution in [3.63, 3.8) is 0 Å². The van der Waals surface area contributed by atoms with Gasteiger partial charge in [0.25, 0.3) is 5.91 Å². The summed E-state index contributed by atoms with van der Waals surface area (Å²) < 4.78 is 0.